The Balaban J connectivity index is 2.20. The molecule has 0 saturated heterocycles. The standard InChI is InChI=1S/C12H16FN5O/c1-8-9(5-15-18(8)3)7-17(2)12-14-6-10(13)11(16-12)19-4/h5-6H,7H2,1-4H3. The topological polar surface area (TPSA) is 56.1 Å². The molecule has 0 N–H and O–H groups in total. The van der Waals surface area contributed by atoms with Crippen molar-refractivity contribution in [2.45, 2.75) is 13.5 Å². The largest absolute Gasteiger partial charge is 0.479 e. The van der Waals surface area contributed by atoms with Crippen LogP contribution in [0, 0.1) is 12.7 Å². The Kier molecular flexibility index (Phi) is 3.64. The summed E-state index contributed by atoms with van der Waals surface area (Å²) in [4.78, 5) is 9.78. The molecule has 19 heavy (non-hydrogen) atoms. The summed E-state index contributed by atoms with van der Waals surface area (Å²) in [6.07, 6.45) is 2.90. The van der Waals surface area contributed by atoms with E-state index >= 15 is 0 Å². The summed E-state index contributed by atoms with van der Waals surface area (Å²) in [7, 11) is 5.09. The smallest absolute Gasteiger partial charge is 0.255 e. The highest BCUT2D eigenvalue weighted by Gasteiger charge is 2.13. The zero-order valence-corrected chi connectivity index (χ0v) is 11.4. The molecule has 2 heterocycles. The summed E-state index contributed by atoms with van der Waals surface area (Å²) in [6, 6.07) is 0. The minimum Gasteiger partial charge on any atom is -0.479 e. The first kappa shape index (κ1) is 13.3. The molecular formula is C12H16FN5O. The van der Waals surface area contributed by atoms with Gasteiger partial charge in [0.15, 0.2) is 0 Å². The van der Waals surface area contributed by atoms with Crippen molar-refractivity contribution in [3.8, 4) is 5.88 Å². The average Bonchev–Trinajstić information content (AvgIpc) is 2.71. The second-order valence-corrected chi connectivity index (χ2v) is 4.26. The van der Waals surface area contributed by atoms with E-state index in [4.69, 9.17) is 4.74 Å². The third-order valence-electron chi connectivity index (χ3n) is 2.98. The van der Waals surface area contributed by atoms with Crippen molar-refractivity contribution in [2.75, 3.05) is 19.1 Å². The molecule has 0 aliphatic heterocycles. The van der Waals surface area contributed by atoms with E-state index in [-0.39, 0.29) is 5.88 Å². The lowest BCUT2D eigenvalue weighted by Crippen LogP contribution is -2.20. The van der Waals surface area contributed by atoms with E-state index in [9.17, 15) is 4.39 Å². The molecule has 0 radical (unpaired) electrons. The van der Waals surface area contributed by atoms with Gasteiger partial charge in [-0.25, -0.2) is 4.98 Å². The molecule has 0 aromatic carbocycles. The van der Waals surface area contributed by atoms with Crippen molar-refractivity contribution in [2.24, 2.45) is 7.05 Å². The van der Waals surface area contributed by atoms with Gasteiger partial charge in [-0.1, -0.05) is 0 Å². The molecular weight excluding hydrogens is 249 g/mol. The van der Waals surface area contributed by atoms with Crippen LogP contribution in [-0.2, 0) is 13.6 Å². The average molecular weight is 265 g/mol. The molecule has 2 aromatic heterocycles. The Hall–Kier alpha value is -2.18. The SMILES string of the molecule is COc1nc(N(C)Cc2cnn(C)c2C)ncc1F. The van der Waals surface area contributed by atoms with Crippen LogP contribution in [0.3, 0.4) is 0 Å². The highest BCUT2D eigenvalue weighted by Crippen LogP contribution is 2.18. The highest BCUT2D eigenvalue weighted by molar-refractivity contribution is 5.33. The molecule has 6 nitrogen and oxygen atoms in total. The molecule has 0 fully saturated rings. The van der Waals surface area contributed by atoms with Crippen molar-refractivity contribution in [1.82, 2.24) is 19.7 Å². The fraction of sp³-hybridized carbons (Fsp3) is 0.417. The van der Waals surface area contributed by atoms with Crippen molar-refractivity contribution in [3.63, 3.8) is 0 Å². The lowest BCUT2D eigenvalue weighted by molar-refractivity contribution is 0.367. The zero-order valence-electron chi connectivity index (χ0n) is 11.4. The molecule has 0 amide bonds. The van der Waals surface area contributed by atoms with Crippen LogP contribution in [0.15, 0.2) is 12.4 Å². The number of methoxy groups -OCH3 is 1. The lowest BCUT2D eigenvalue weighted by Gasteiger charge is -2.17. The van der Waals surface area contributed by atoms with Crippen molar-refractivity contribution in [1.29, 1.82) is 0 Å². The van der Waals surface area contributed by atoms with Gasteiger partial charge in [-0.15, -0.1) is 0 Å². The molecule has 0 unspecified atom stereocenters. The van der Waals surface area contributed by atoms with Crippen LogP contribution in [0.25, 0.3) is 0 Å². The Morgan fingerprint density at radius 1 is 1.42 bits per heavy atom. The minimum absolute atomic E-state index is 0.0558. The van der Waals surface area contributed by atoms with Gasteiger partial charge < -0.3 is 9.64 Å². The minimum atomic E-state index is -0.572. The number of aryl methyl sites for hydroxylation is 1. The number of hydrogen-bond acceptors (Lipinski definition) is 5. The van der Waals surface area contributed by atoms with E-state index in [1.165, 1.54) is 7.11 Å². The van der Waals surface area contributed by atoms with Crippen LogP contribution >= 0.6 is 0 Å². The number of ether oxygens (including phenoxy) is 1. The second kappa shape index (κ2) is 5.21. The number of hydrogen-bond donors (Lipinski definition) is 0. The maximum Gasteiger partial charge on any atom is 0.255 e. The van der Waals surface area contributed by atoms with E-state index in [1.807, 2.05) is 25.9 Å². The third-order valence-corrected chi connectivity index (χ3v) is 2.98. The van der Waals surface area contributed by atoms with Crippen LogP contribution in [-0.4, -0.2) is 33.9 Å². The summed E-state index contributed by atoms with van der Waals surface area (Å²) < 4.78 is 19.9. The lowest BCUT2D eigenvalue weighted by atomic mass is 10.2. The van der Waals surface area contributed by atoms with Gasteiger partial charge in [0, 0.05) is 31.9 Å². The van der Waals surface area contributed by atoms with Crippen molar-refractivity contribution >= 4 is 5.95 Å². The van der Waals surface area contributed by atoms with E-state index in [1.54, 1.807) is 10.9 Å². The molecule has 0 aliphatic carbocycles. The third kappa shape index (κ3) is 2.64. The molecule has 0 aliphatic rings. The Labute approximate surface area is 110 Å². The number of rotatable bonds is 4. The van der Waals surface area contributed by atoms with Crippen molar-refractivity contribution in [3.05, 3.63) is 29.5 Å². The summed E-state index contributed by atoms with van der Waals surface area (Å²) in [5.74, 6) is -0.224. The molecule has 0 bridgehead atoms. The number of nitrogens with zero attached hydrogens (tertiary/aromatic N) is 5. The Bertz CT molecular complexity index is 583. The van der Waals surface area contributed by atoms with Gasteiger partial charge in [-0.05, 0) is 6.92 Å². The molecule has 2 aromatic rings. The van der Waals surface area contributed by atoms with E-state index < -0.39 is 5.82 Å². The van der Waals surface area contributed by atoms with E-state index in [0.717, 1.165) is 17.5 Å². The monoisotopic (exact) mass is 265 g/mol. The summed E-state index contributed by atoms with van der Waals surface area (Å²) in [5, 5.41) is 4.18. The van der Waals surface area contributed by atoms with Crippen LogP contribution < -0.4 is 9.64 Å². The Morgan fingerprint density at radius 3 is 2.74 bits per heavy atom. The number of anilines is 1. The normalized spacial score (nSPS) is 10.6. The van der Waals surface area contributed by atoms with Gasteiger partial charge in [0.1, 0.15) is 0 Å². The van der Waals surface area contributed by atoms with Crippen LogP contribution in [0.1, 0.15) is 11.3 Å². The molecule has 0 saturated carbocycles. The van der Waals surface area contributed by atoms with Gasteiger partial charge in [0.25, 0.3) is 5.88 Å². The molecule has 7 heteroatoms. The van der Waals surface area contributed by atoms with Crippen LogP contribution in [0.2, 0.25) is 0 Å². The Morgan fingerprint density at radius 2 is 2.16 bits per heavy atom. The summed E-state index contributed by atoms with van der Waals surface area (Å²) in [5.41, 5.74) is 2.14. The fourth-order valence-electron chi connectivity index (χ4n) is 1.70. The number of halogens is 1. The first-order chi connectivity index (χ1) is 9.02. The van der Waals surface area contributed by atoms with E-state index in [0.29, 0.717) is 12.5 Å². The zero-order chi connectivity index (χ0) is 14.0. The summed E-state index contributed by atoms with van der Waals surface area (Å²) >= 11 is 0. The van der Waals surface area contributed by atoms with Gasteiger partial charge in [-0.2, -0.15) is 14.5 Å². The van der Waals surface area contributed by atoms with Gasteiger partial charge >= 0.3 is 0 Å². The predicted molar refractivity (Wildman–Crippen MR) is 68.6 cm³/mol. The van der Waals surface area contributed by atoms with Gasteiger partial charge in [0.2, 0.25) is 11.8 Å². The van der Waals surface area contributed by atoms with Crippen LogP contribution in [0.4, 0.5) is 10.3 Å². The number of aromatic nitrogens is 4. The molecule has 0 spiro atoms. The first-order valence-corrected chi connectivity index (χ1v) is 5.78. The fourth-order valence-corrected chi connectivity index (χ4v) is 1.70. The summed E-state index contributed by atoms with van der Waals surface area (Å²) in [6.45, 7) is 2.58. The second-order valence-electron chi connectivity index (χ2n) is 4.26. The van der Waals surface area contributed by atoms with Gasteiger partial charge in [-0.3, -0.25) is 4.68 Å². The maximum absolute atomic E-state index is 13.2. The first-order valence-electron chi connectivity index (χ1n) is 5.78. The van der Waals surface area contributed by atoms with Gasteiger partial charge in [0.05, 0.1) is 19.5 Å². The van der Waals surface area contributed by atoms with E-state index in [2.05, 4.69) is 15.1 Å². The van der Waals surface area contributed by atoms with Crippen molar-refractivity contribution < 1.29 is 9.13 Å². The highest BCUT2D eigenvalue weighted by atomic mass is 19.1. The van der Waals surface area contributed by atoms with Crippen LogP contribution in [0.5, 0.6) is 5.88 Å². The quantitative estimate of drug-likeness (QED) is 0.834. The maximum atomic E-state index is 13.2. The molecule has 102 valence electrons. The molecule has 2 rings (SSSR count). The predicted octanol–water partition coefficient (Wildman–Crippen LogP) is 1.30. The molecule has 0 atom stereocenters.